The van der Waals surface area contributed by atoms with Crippen LogP contribution in [0.5, 0.6) is 17.4 Å². The third-order valence-electron chi connectivity index (χ3n) is 4.50. The number of ether oxygens (including phenoxy) is 2. The molecule has 0 saturated heterocycles. The van der Waals surface area contributed by atoms with Crippen molar-refractivity contribution in [3.63, 3.8) is 0 Å². The summed E-state index contributed by atoms with van der Waals surface area (Å²) in [5.74, 6) is -3.44. The second kappa shape index (κ2) is 10.2. The molecule has 3 rings (SSSR count). The fourth-order valence-electron chi connectivity index (χ4n) is 2.70. The fourth-order valence-corrected chi connectivity index (χ4v) is 3.59. The molecule has 3 aromatic rings. The summed E-state index contributed by atoms with van der Waals surface area (Å²) in [6, 6.07) is 9.10. The van der Waals surface area contributed by atoms with Gasteiger partial charge < -0.3 is 14.8 Å². The van der Waals surface area contributed by atoms with Crippen molar-refractivity contribution >= 4 is 21.3 Å². The minimum Gasteiger partial charge on any atom is -0.460 e. The second-order valence-corrected chi connectivity index (χ2v) is 9.30. The van der Waals surface area contributed by atoms with E-state index in [-0.39, 0.29) is 16.3 Å². The Morgan fingerprint density at radius 3 is 2.51 bits per heavy atom. The summed E-state index contributed by atoms with van der Waals surface area (Å²) in [5.41, 5.74) is -2.02. The smallest absolute Gasteiger partial charge is 0.435 e. The van der Waals surface area contributed by atoms with E-state index in [4.69, 9.17) is 4.74 Å². The van der Waals surface area contributed by atoms with E-state index in [0.717, 1.165) is 18.2 Å². The first-order valence-electron chi connectivity index (χ1n) is 9.57. The van der Waals surface area contributed by atoms with E-state index in [1.54, 1.807) is 0 Å². The van der Waals surface area contributed by atoms with E-state index < -0.39 is 57.4 Å². The SMILES string of the molecule is CN=S(C)(=O)c1cccc(NC(=O)c2cc(C(F)(F)F)nnc2Oc2ccc(OCF)c(F)c2)c1. The molecule has 1 atom stereocenters. The van der Waals surface area contributed by atoms with E-state index >= 15 is 0 Å². The Morgan fingerprint density at radius 1 is 1.14 bits per heavy atom. The van der Waals surface area contributed by atoms with Gasteiger partial charge in [-0.3, -0.25) is 4.79 Å². The number of halogens is 5. The number of carbonyl (C=O) groups excluding carboxylic acids is 1. The number of carbonyl (C=O) groups is 1. The maximum atomic E-state index is 14.0. The van der Waals surface area contributed by atoms with Gasteiger partial charge in [0.1, 0.15) is 11.3 Å². The van der Waals surface area contributed by atoms with Gasteiger partial charge in [-0.05, 0) is 36.4 Å². The highest BCUT2D eigenvalue weighted by Gasteiger charge is 2.35. The number of rotatable bonds is 7. The van der Waals surface area contributed by atoms with Gasteiger partial charge in [0.25, 0.3) is 11.8 Å². The lowest BCUT2D eigenvalue weighted by Gasteiger charge is -2.13. The highest BCUT2D eigenvalue weighted by Crippen LogP contribution is 2.32. The lowest BCUT2D eigenvalue weighted by atomic mass is 10.2. The van der Waals surface area contributed by atoms with Crippen LogP contribution in [0.15, 0.2) is 57.8 Å². The molecule has 0 spiro atoms. The number of anilines is 1. The maximum Gasteiger partial charge on any atom is 0.435 e. The first-order chi connectivity index (χ1) is 16.4. The summed E-state index contributed by atoms with van der Waals surface area (Å²) in [6.45, 7) is -1.29. The van der Waals surface area contributed by atoms with Crippen LogP contribution >= 0.6 is 0 Å². The van der Waals surface area contributed by atoms with Crippen LogP contribution in [0, 0.1) is 5.82 Å². The molecule has 0 saturated carbocycles. The van der Waals surface area contributed by atoms with Gasteiger partial charge >= 0.3 is 6.18 Å². The Kier molecular flexibility index (Phi) is 7.53. The van der Waals surface area contributed by atoms with Gasteiger partial charge in [0.2, 0.25) is 6.86 Å². The highest BCUT2D eigenvalue weighted by atomic mass is 32.2. The van der Waals surface area contributed by atoms with Crippen molar-refractivity contribution in [2.75, 3.05) is 25.5 Å². The third-order valence-corrected chi connectivity index (χ3v) is 6.33. The Bertz CT molecular complexity index is 1370. The standard InChI is InChI=1S/C21H17F5N4O4S/c1-27-35(2,32)14-5-3-4-12(8-14)28-19(31)15-10-18(21(24,25)26)29-30-20(15)34-13-6-7-17(33-11-22)16(23)9-13/h3-10H,11H2,1-2H3,(H,28,31). The molecule has 35 heavy (non-hydrogen) atoms. The van der Waals surface area contributed by atoms with E-state index in [0.29, 0.717) is 6.07 Å². The number of benzene rings is 2. The molecule has 186 valence electrons. The van der Waals surface area contributed by atoms with Gasteiger partial charge in [-0.2, -0.15) is 13.2 Å². The van der Waals surface area contributed by atoms with Crippen molar-refractivity contribution in [2.24, 2.45) is 4.36 Å². The lowest BCUT2D eigenvalue weighted by Crippen LogP contribution is -2.18. The predicted molar refractivity (Wildman–Crippen MR) is 115 cm³/mol. The average Bonchev–Trinajstić information content (AvgIpc) is 2.80. The van der Waals surface area contributed by atoms with Gasteiger partial charge in [0, 0.05) is 30.0 Å². The molecule has 0 radical (unpaired) electrons. The van der Waals surface area contributed by atoms with E-state index in [1.807, 2.05) is 0 Å². The molecule has 1 unspecified atom stereocenters. The molecule has 1 N–H and O–H groups in total. The Balaban J connectivity index is 1.98. The first-order valence-corrected chi connectivity index (χ1v) is 11.5. The monoisotopic (exact) mass is 516 g/mol. The normalized spacial score (nSPS) is 13.0. The molecule has 0 aliphatic carbocycles. The van der Waals surface area contributed by atoms with E-state index in [2.05, 4.69) is 24.6 Å². The molecule has 8 nitrogen and oxygen atoms in total. The number of alkyl halides is 4. The van der Waals surface area contributed by atoms with Crippen molar-refractivity contribution in [1.82, 2.24) is 10.2 Å². The molecule has 2 aromatic carbocycles. The zero-order valence-electron chi connectivity index (χ0n) is 18.1. The molecule has 0 aliphatic heterocycles. The lowest BCUT2D eigenvalue weighted by molar-refractivity contribution is -0.141. The van der Waals surface area contributed by atoms with Crippen LogP contribution in [0.25, 0.3) is 0 Å². The van der Waals surface area contributed by atoms with E-state index in [9.17, 15) is 31.0 Å². The maximum absolute atomic E-state index is 14.0. The summed E-state index contributed by atoms with van der Waals surface area (Å²) in [4.78, 5) is 13.2. The molecule has 0 aliphatic rings. The molecule has 1 heterocycles. The van der Waals surface area contributed by atoms with Gasteiger partial charge in [0.05, 0.1) is 9.73 Å². The van der Waals surface area contributed by atoms with Crippen LogP contribution in [0.3, 0.4) is 0 Å². The summed E-state index contributed by atoms with van der Waals surface area (Å²) in [7, 11) is -1.39. The molecular formula is C21H17F5N4O4S. The molecule has 0 bridgehead atoms. The van der Waals surface area contributed by atoms with Gasteiger partial charge in [-0.1, -0.05) is 6.07 Å². The van der Waals surface area contributed by atoms with Gasteiger partial charge in [-0.15, -0.1) is 10.2 Å². The summed E-state index contributed by atoms with van der Waals surface area (Å²) in [6.07, 6.45) is -3.54. The largest absolute Gasteiger partial charge is 0.460 e. The van der Waals surface area contributed by atoms with Crippen LogP contribution < -0.4 is 14.8 Å². The molecule has 1 aromatic heterocycles. The number of amides is 1. The number of nitrogens with one attached hydrogen (secondary N) is 1. The fraction of sp³-hybridized carbons (Fsp3) is 0.190. The Hall–Kier alpha value is -3.81. The molecule has 1 amide bonds. The number of aromatic nitrogens is 2. The van der Waals surface area contributed by atoms with Crippen molar-refractivity contribution in [3.8, 4) is 17.4 Å². The van der Waals surface area contributed by atoms with Crippen molar-refractivity contribution in [3.05, 3.63) is 65.6 Å². The van der Waals surface area contributed by atoms with E-state index in [1.165, 1.54) is 37.6 Å². The summed E-state index contributed by atoms with van der Waals surface area (Å²) in [5, 5.41) is 8.74. The van der Waals surface area contributed by atoms with Crippen LogP contribution in [-0.2, 0) is 15.9 Å². The summed E-state index contributed by atoms with van der Waals surface area (Å²) < 4.78 is 91.8. The number of hydrogen-bond acceptors (Lipinski definition) is 7. The average molecular weight is 516 g/mol. The highest BCUT2D eigenvalue weighted by molar-refractivity contribution is 7.93. The van der Waals surface area contributed by atoms with Crippen molar-refractivity contribution in [2.45, 2.75) is 11.1 Å². The molecular weight excluding hydrogens is 499 g/mol. The second-order valence-electron chi connectivity index (χ2n) is 6.86. The van der Waals surface area contributed by atoms with Crippen molar-refractivity contribution in [1.29, 1.82) is 0 Å². The first kappa shape index (κ1) is 25.8. The zero-order chi connectivity index (χ0) is 25.8. The predicted octanol–water partition coefficient (Wildman–Crippen LogP) is 5.07. The molecule has 14 heteroatoms. The number of nitrogens with zero attached hydrogens (tertiary/aromatic N) is 3. The van der Waals surface area contributed by atoms with Crippen LogP contribution in [0.2, 0.25) is 0 Å². The topological polar surface area (TPSA) is 103 Å². The summed E-state index contributed by atoms with van der Waals surface area (Å²) >= 11 is 0. The third kappa shape index (κ3) is 6.20. The van der Waals surface area contributed by atoms with Crippen molar-refractivity contribution < 1.29 is 40.4 Å². The van der Waals surface area contributed by atoms with Crippen LogP contribution in [0.4, 0.5) is 27.6 Å². The number of hydrogen-bond donors (Lipinski definition) is 1. The zero-order valence-corrected chi connectivity index (χ0v) is 18.9. The Morgan fingerprint density at radius 2 is 1.89 bits per heavy atom. The minimum absolute atomic E-state index is 0.112. The van der Waals surface area contributed by atoms with Gasteiger partial charge in [0.15, 0.2) is 17.3 Å². The van der Waals surface area contributed by atoms with Crippen LogP contribution in [-0.4, -0.2) is 40.5 Å². The quantitative estimate of drug-likeness (QED) is 0.440. The minimum atomic E-state index is -4.92. The van der Waals surface area contributed by atoms with Gasteiger partial charge in [-0.25, -0.2) is 17.4 Å². The van der Waals surface area contributed by atoms with Crippen LogP contribution in [0.1, 0.15) is 16.1 Å². The molecule has 0 fully saturated rings. The Labute approximate surface area is 196 Å².